The number of fused-ring (bicyclic) bond motifs is 1. The number of ether oxygens (including phenoxy) is 2. The van der Waals surface area contributed by atoms with Crippen LogP contribution in [0, 0.1) is 0 Å². The fraction of sp³-hybridized carbons (Fsp3) is 0.407. The summed E-state index contributed by atoms with van der Waals surface area (Å²) in [6, 6.07) is 10.5. The van der Waals surface area contributed by atoms with Gasteiger partial charge in [-0.05, 0) is 54.8 Å². The number of rotatable bonds is 9. The number of likely N-dealkylation sites (N-methyl/N-ethyl adjacent to an activating group) is 1. The number of carbonyl (C=O) groups excluding carboxylic acids is 4. The van der Waals surface area contributed by atoms with Crippen LogP contribution in [0.3, 0.4) is 0 Å². The Morgan fingerprint density at radius 1 is 1.14 bits per heavy atom. The Kier molecular flexibility index (Phi) is 8.02. The van der Waals surface area contributed by atoms with Crippen molar-refractivity contribution in [2.24, 2.45) is 0 Å². The molecule has 2 aromatic rings. The van der Waals surface area contributed by atoms with Crippen molar-refractivity contribution in [1.29, 1.82) is 0 Å². The maximum absolute atomic E-state index is 13.2. The molecule has 0 aromatic heterocycles. The third kappa shape index (κ3) is 5.88. The van der Waals surface area contributed by atoms with Crippen molar-refractivity contribution in [2.75, 3.05) is 38.7 Å². The maximum Gasteiger partial charge on any atom is 0.306 e. The molecule has 2 aliphatic heterocycles. The molecule has 3 amide bonds. The summed E-state index contributed by atoms with van der Waals surface area (Å²) in [5.74, 6) is -0.376. The number of anilines is 1. The highest BCUT2D eigenvalue weighted by atomic mass is 35.5. The van der Waals surface area contributed by atoms with Crippen LogP contribution in [0.1, 0.15) is 41.3 Å². The molecule has 2 aromatic carbocycles. The highest BCUT2D eigenvalue weighted by Crippen LogP contribution is 2.31. The molecule has 0 spiro atoms. The van der Waals surface area contributed by atoms with Crippen molar-refractivity contribution in [2.45, 2.75) is 38.8 Å². The van der Waals surface area contributed by atoms with Gasteiger partial charge in [-0.25, -0.2) is 0 Å². The van der Waals surface area contributed by atoms with Gasteiger partial charge in [-0.3, -0.25) is 19.2 Å². The molecule has 0 radical (unpaired) electrons. The van der Waals surface area contributed by atoms with E-state index in [1.807, 2.05) is 12.1 Å². The summed E-state index contributed by atoms with van der Waals surface area (Å²) >= 11 is 6.28. The molecule has 1 saturated heterocycles. The van der Waals surface area contributed by atoms with E-state index >= 15 is 0 Å². The van der Waals surface area contributed by atoms with E-state index in [1.165, 1.54) is 9.80 Å². The summed E-state index contributed by atoms with van der Waals surface area (Å²) in [5.41, 5.74) is 2.70. The Labute approximate surface area is 220 Å². The summed E-state index contributed by atoms with van der Waals surface area (Å²) in [7, 11) is 3.31. The fourth-order valence-electron chi connectivity index (χ4n) is 4.42. The van der Waals surface area contributed by atoms with Gasteiger partial charge in [0.25, 0.3) is 11.8 Å². The number of halogens is 1. The molecule has 4 rings (SSSR count). The van der Waals surface area contributed by atoms with Crippen LogP contribution < -0.4 is 9.64 Å². The van der Waals surface area contributed by atoms with E-state index in [2.05, 4.69) is 0 Å². The molecule has 0 aliphatic carbocycles. The minimum Gasteiger partial charge on any atom is -0.481 e. The van der Waals surface area contributed by atoms with E-state index in [-0.39, 0.29) is 36.7 Å². The lowest BCUT2D eigenvalue weighted by atomic mass is 10.1. The van der Waals surface area contributed by atoms with Crippen molar-refractivity contribution < 1.29 is 28.7 Å². The number of aryl methyl sites for hydroxylation is 1. The van der Waals surface area contributed by atoms with E-state index < -0.39 is 6.10 Å². The van der Waals surface area contributed by atoms with Gasteiger partial charge in [0, 0.05) is 56.3 Å². The minimum absolute atomic E-state index is 0.0112. The predicted molar refractivity (Wildman–Crippen MR) is 138 cm³/mol. The van der Waals surface area contributed by atoms with Crippen LogP contribution in [0.15, 0.2) is 36.4 Å². The maximum atomic E-state index is 13.2. The standard InChI is InChI=1S/C27H30ClN3O6/c1-4-36-25(33)10-6-17-13-20(8-9-22(17)28)37-23-11-12-31(27(23)35)19-7-5-18-15-30(16-24(32)29(2)3)26(34)21(18)14-19/h5,7-9,13-14,23H,4,6,10-12,15-16H2,1-3H3/t23-/m1/s1. The largest absolute Gasteiger partial charge is 0.481 e. The van der Waals surface area contributed by atoms with Crippen LogP contribution in [0.2, 0.25) is 5.02 Å². The zero-order valence-corrected chi connectivity index (χ0v) is 21.9. The first-order valence-corrected chi connectivity index (χ1v) is 12.6. The lowest BCUT2D eigenvalue weighted by molar-refractivity contribution is -0.143. The molecular weight excluding hydrogens is 498 g/mol. The monoisotopic (exact) mass is 527 g/mol. The number of benzene rings is 2. The molecular formula is C27H30ClN3O6. The van der Waals surface area contributed by atoms with Gasteiger partial charge < -0.3 is 24.2 Å². The SMILES string of the molecule is CCOC(=O)CCc1cc(O[C@@H]2CCN(c3ccc4c(c3)C(=O)N(CC(=O)N(C)C)C4)C2=O)ccc1Cl. The summed E-state index contributed by atoms with van der Waals surface area (Å²) in [6.07, 6.45) is 0.399. The molecule has 0 bridgehead atoms. The van der Waals surface area contributed by atoms with Gasteiger partial charge in [-0.1, -0.05) is 17.7 Å². The third-order valence-corrected chi connectivity index (χ3v) is 6.83. The van der Waals surface area contributed by atoms with E-state index in [1.54, 1.807) is 50.2 Å². The first-order valence-electron chi connectivity index (χ1n) is 12.2. The predicted octanol–water partition coefficient (Wildman–Crippen LogP) is 3.06. The molecule has 196 valence electrons. The first kappa shape index (κ1) is 26.5. The average Bonchev–Trinajstić information content (AvgIpc) is 3.38. The summed E-state index contributed by atoms with van der Waals surface area (Å²) in [5, 5.41) is 0.514. The van der Waals surface area contributed by atoms with Gasteiger partial charge in [0.05, 0.1) is 6.61 Å². The van der Waals surface area contributed by atoms with Crippen molar-refractivity contribution in [3.8, 4) is 5.75 Å². The van der Waals surface area contributed by atoms with Gasteiger partial charge in [-0.2, -0.15) is 0 Å². The van der Waals surface area contributed by atoms with Crippen LogP contribution in [0.4, 0.5) is 5.69 Å². The Hall–Kier alpha value is -3.59. The number of amides is 3. The lowest BCUT2D eigenvalue weighted by Crippen LogP contribution is -2.36. The molecule has 0 saturated carbocycles. The Bertz CT molecular complexity index is 1230. The van der Waals surface area contributed by atoms with Crippen molar-refractivity contribution in [3.05, 3.63) is 58.1 Å². The van der Waals surface area contributed by atoms with Gasteiger partial charge in [-0.15, -0.1) is 0 Å². The quantitative estimate of drug-likeness (QED) is 0.465. The molecule has 2 heterocycles. The highest BCUT2D eigenvalue weighted by Gasteiger charge is 2.36. The van der Waals surface area contributed by atoms with Gasteiger partial charge >= 0.3 is 5.97 Å². The van der Waals surface area contributed by atoms with Gasteiger partial charge in [0.15, 0.2) is 6.10 Å². The highest BCUT2D eigenvalue weighted by molar-refractivity contribution is 6.31. The normalized spacial score (nSPS) is 16.7. The van der Waals surface area contributed by atoms with Crippen LogP contribution in [-0.2, 0) is 32.1 Å². The summed E-state index contributed by atoms with van der Waals surface area (Å²) in [4.78, 5) is 54.4. The topological polar surface area (TPSA) is 96.5 Å². The third-order valence-electron chi connectivity index (χ3n) is 6.46. The van der Waals surface area contributed by atoms with Crippen LogP contribution in [0.25, 0.3) is 0 Å². The Morgan fingerprint density at radius 3 is 2.65 bits per heavy atom. The molecule has 1 atom stereocenters. The van der Waals surface area contributed by atoms with Crippen molar-refractivity contribution >= 4 is 41.0 Å². The number of esters is 1. The van der Waals surface area contributed by atoms with Crippen molar-refractivity contribution in [3.63, 3.8) is 0 Å². The first-order chi connectivity index (χ1) is 17.7. The minimum atomic E-state index is -0.683. The van der Waals surface area contributed by atoms with E-state index in [0.717, 1.165) is 11.1 Å². The number of nitrogens with zero attached hydrogens (tertiary/aromatic N) is 3. The molecule has 2 aliphatic rings. The number of hydrogen-bond acceptors (Lipinski definition) is 6. The van der Waals surface area contributed by atoms with Gasteiger partial charge in [0.2, 0.25) is 5.91 Å². The second kappa shape index (κ2) is 11.2. The van der Waals surface area contributed by atoms with Crippen molar-refractivity contribution in [1.82, 2.24) is 9.80 Å². The Balaban J connectivity index is 1.42. The van der Waals surface area contributed by atoms with E-state index in [4.69, 9.17) is 21.1 Å². The second-order valence-electron chi connectivity index (χ2n) is 9.23. The average molecular weight is 528 g/mol. The van der Waals surface area contributed by atoms with E-state index in [9.17, 15) is 19.2 Å². The molecule has 1 fully saturated rings. The number of carbonyl (C=O) groups is 4. The van der Waals surface area contributed by atoms with E-state index in [0.29, 0.717) is 54.6 Å². The molecule has 10 heteroatoms. The molecule has 9 nitrogen and oxygen atoms in total. The summed E-state index contributed by atoms with van der Waals surface area (Å²) in [6.45, 7) is 2.90. The molecule has 0 unspecified atom stereocenters. The Morgan fingerprint density at radius 2 is 1.92 bits per heavy atom. The molecule has 0 N–H and O–H groups in total. The zero-order valence-electron chi connectivity index (χ0n) is 21.2. The van der Waals surface area contributed by atoms with Crippen LogP contribution in [0.5, 0.6) is 5.75 Å². The zero-order chi connectivity index (χ0) is 26.7. The van der Waals surface area contributed by atoms with Gasteiger partial charge in [0.1, 0.15) is 12.3 Å². The fourth-order valence-corrected chi connectivity index (χ4v) is 4.63. The summed E-state index contributed by atoms with van der Waals surface area (Å²) < 4.78 is 11.0. The smallest absolute Gasteiger partial charge is 0.306 e. The second-order valence-corrected chi connectivity index (χ2v) is 9.64. The molecule has 37 heavy (non-hydrogen) atoms. The number of hydrogen-bond donors (Lipinski definition) is 0. The van der Waals surface area contributed by atoms with Crippen LogP contribution in [-0.4, -0.2) is 73.4 Å². The lowest BCUT2D eigenvalue weighted by Gasteiger charge is -2.18. The van der Waals surface area contributed by atoms with Crippen LogP contribution >= 0.6 is 11.6 Å².